The fourth-order valence-corrected chi connectivity index (χ4v) is 3.42. The highest BCUT2D eigenvalue weighted by molar-refractivity contribution is 5.47. The molecule has 142 valence electrons. The topological polar surface area (TPSA) is 9.23 Å². The van der Waals surface area contributed by atoms with E-state index in [-0.39, 0.29) is 0 Å². The summed E-state index contributed by atoms with van der Waals surface area (Å²) < 4.78 is 6.59. The monoisotopic (exact) mass is 368 g/mol. The molecule has 0 atom stereocenters. The number of hydrogen-bond donors (Lipinski definition) is 0. The van der Waals surface area contributed by atoms with Gasteiger partial charge in [0.15, 0.2) is 5.60 Å². The molecule has 0 aliphatic rings. The van der Waals surface area contributed by atoms with Crippen LogP contribution in [0, 0.1) is 0 Å². The first-order valence-electron chi connectivity index (χ1n) is 10.0. The maximum Gasteiger partial charge on any atom is 0.183 e. The van der Waals surface area contributed by atoms with E-state index in [2.05, 4.69) is 97.9 Å². The standard InChI is InChI=1S/C27H28O/c1-2-3-4-5-6-16-23-28-27(24-17-10-7-11-18-24,25-19-12-8-13-20-25)26-21-14-9-15-22-26/h3-4,7-23H,2,5-6H2,1H3. The first-order valence-corrected chi connectivity index (χ1v) is 10.0. The van der Waals surface area contributed by atoms with Crippen LogP contribution in [0.4, 0.5) is 0 Å². The Bertz CT molecular complexity index is 767. The van der Waals surface area contributed by atoms with E-state index in [9.17, 15) is 0 Å². The van der Waals surface area contributed by atoms with Crippen molar-refractivity contribution in [1.29, 1.82) is 0 Å². The Morgan fingerprint density at radius 2 is 1.04 bits per heavy atom. The van der Waals surface area contributed by atoms with E-state index in [0.717, 1.165) is 36.0 Å². The first kappa shape index (κ1) is 19.7. The summed E-state index contributed by atoms with van der Waals surface area (Å²) >= 11 is 0. The Morgan fingerprint density at radius 1 is 0.607 bits per heavy atom. The third-order valence-corrected chi connectivity index (χ3v) is 4.78. The van der Waals surface area contributed by atoms with Gasteiger partial charge in [0.1, 0.15) is 0 Å². The molecule has 28 heavy (non-hydrogen) atoms. The van der Waals surface area contributed by atoms with E-state index >= 15 is 0 Å². The fourth-order valence-electron chi connectivity index (χ4n) is 3.42. The van der Waals surface area contributed by atoms with Crippen molar-refractivity contribution in [2.45, 2.75) is 31.8 Å². The number of rotatable bonds is 9. The zero-order valence-electron chi connectivity index (χ0n) is 16.5. The van der Waals surface area contributed by atoms with Gasteiger partial charge in [-0.05, 0) is 25.3 Å². The molecule has 0 saturated carbocycles. The van der Waals surface area contributed by atoms with Gasteiger partial charge in [-0.3, -0.25) is 0 Å². The van der Waals surface area contributed by atoms with Crippen LogP contribution in [-0.4, -0.2) is 0 Å². The second-order valence-electron chi connectivity index (χ2n) is 6.73. The third kappa shape index (κ3) is 4.61. The lowest BCUT2D eigenvalue weighted by atomic mass is 9.80. The summed E-state index contributed by atoms with van der Waals surface area (Å²) in [5.74, 6) is 0. The van der Waals surface area contributed by atoms with Crippen molar-refractivity contribution in [3.05, 3.63) is 132 Å². The van der Waals surface area contributed by atoms with Crippen LogP contribution in [-0.2, 0) is 10.3 Å². The summed E-state index contributed by atoms with van der Waals surface area (Å²) in [6, 6.07) is 31.4. The molecule has 0 amide bonds. The molecule has 3 aromatic rings. The van der Waals surface area contributed by atoms with Gasteiger partial charge in [0.05, 0.1) is 6.26 Å². The lowest BCUT2D eigenvalue weighted by Gasteiger charge is -2.35. The molecular formula is C27H28O. The summed E-state index contributed by atoms with van der Waals surface area (Å²) in [7, 11) is 0. The second kappa shape index (κ2) is 10.3. The lowest BCUT2D eigenvalue weighted by molar-refractivity contribution is 0.0973. The largest absolute Gasteiger partial charge is 0.481 e. The highest BCUT2D eigenvalue weighted by Gasteiger charge is 2.37. The Hall–Kier alpha value is -3.06. The Morgan fingerprint density at radius 3 is 1.46 bits per heavy atom. The van der Waals surface area contributed by atoms with Gasteiger partial charge in [-0.25, -0.2) is 0 Å². The van der Waals surface area contributed by atoms with E-state index < -0.39 is 5.60 Å². The minimum atomic E-state index is -0.681. The normalized spacial score (nSPS) is 11.9. The minimum absolute atomic E-state index is 0.681. The molecule has 1 nitrogen and oxygen atoms in total. The maximum atomic E-state index is 6.59. The van der Waals surface area contributed by atoms with Crippen LogP contribution in [0.3, 0.4) is 0 Å². The maximum absolute atomic E-state index is 6.59. The number of benzene rings is 3. The van der Waals surface area contributed by atoms with E-state index in [4.69, 9.17) is 4.74 Å². The molecule has 3 aromatic carbocycles. The SMILES string of the molecule is CCC=CCCC=COC(c1ccccc1)(c1ccccc1)c1ccccc1. The molecule has 0 unspecified atom stereocenters. The molecule has 0 fully saturated rings. The smallest absolute Gasteiger partial charge is 0.183 e. The molecule has 3 rings (SSSR count). The van der Waals surface area contributed by atoms with Gasteiger partial charge < -0.3 is 4.74 Å². The van der Waals surface area contributed by atoms with Crippen LogP contribution in [0.25, 0.3) is 0 Å². The van der Waals surface area contributed by atoms with Crippen LogP contribution < -0.4 is 0 Å². The van der Waals surface area contributed by atoms with Crippen molar-refractivity contribution in [3.8, 4) is 0 Å². The first-order chi connectivity index (χ1) is 13.9. The van der Waals surface area contributed by atoms with Gasteiger partial charge in [-0.15, -0.1) is 0 Å². The van der Waals surface area contributed by atoms with Crippen LogP contribution in [0.5, 0.6) is 0 Å². The molecule has 1 heteroatoms. The number of allylic oxidation sites excluding steroid dienone is 3. The third-order valence-electron chi connectivity index (χ3n) is 4.78. The van der Waals surface area contributed by atoms with Crippen LogP contribution >= 0.6 is 0 Å². The quantitative estimate of drug-likeness (QED) is 0.167. The summed E-state index contributed by atoms with van der Waals surface area (Å²) in [6.07, 6.45) is 11.5. The molecule has 0 spiro atoms. The molecule has 0 heterocycles. The molecule has 0 N–H and O–H groups in total. The highest BCUT2D eigenvalue weighted by atomic mass is 16.5. The van der Waals surface area contributed by atoms with Gasteiger partial charge in [-0.1, -0.05) is 110 Å². The molecule has 0 bridgehead atoms. The number of ether oxygens (including phenoxy) is 1. The highest BCUT2D eigenvalue weighted by Crippen LogP contribution is 2.40. The zero-order valence-corrected chi connectivity index (χ0v) is 16.5. The molecule has 0 radical (unpaired) electrons. The molecule has 0 aliphatic carbocycles. The zero-order chi connectivity index (χ0) is 19.5. The van der Waals surface area contributed by atoms with Gasteiger partial charge in [-0.2, -0.15) is 0 Å². The lowest BCUT2D eigenvalue weighted by Crippen LogP contribution is -2.31. The minimum Gasteiger partial charge on any atom is -0.481 e. The summed E-state index contributed by atoms with van der Waals surface area (Å²) in [6.45, 7) is 2.16. The van der Waals surface area contributed by atoms with Crippen molar-refractivity contribution in [1.82, 2.24) is 0 Å². The van der Waals surface area contributed by atoms with E-state index in [1.807, 2.05) is 24.5 Å². The van der Waals surface area contributed by atoms with Crippen molar-refractivity contribution in [3.63, 3.8) is 0 Å². The predicted octanol–water partition coefficient (Wildman–Crippen LogP) is 7.26. The summed E-state index contributed by atoms with van der Waals surface area (Å²) in [5, 5.41) is 0. The van der Waals surface area contributed by atoms with Crippen LogP contribution in [0.15, 0.2) is 115 Å². The average Bonchev–Trinajstić information content (AvgIpc) is 2.78. The fraction of sp³-hybridized carbons (Fsp3) is 0.185. The van der Waals surface area contributed by atoms with Crippen molar-refractivity contribution >= 4 is 0 Å². The van der Waals surface area contributed by atoms with Crippen molar-refractivity contribution in [2.24, 2.45) is 0 Å². The van der Waals surface area contributed by atoms with E-state index in [1.54, 1.807) is 0 Å². The summed E-state index contributed by atoms with van der Waals surface area (Å²) in [5.41, 5.74) is 2.66. The summed E-state index contributed by atoms with van der Waals surface area (Å²) in [4.78, 5) is 0. The molecule has 0 aromatic heterocycles. The van der Waals surface area contributed by atoms with Crippen molar-refractivity contribution in [2.75, 3.05) is 0 Å². The predicted molar refractivity (Wildman–Crippen MR) is 118 cm³/mol. The van der Waals surface area contributed by atoms with Crippen LogP contribution in [0.2, 0.25) is 0 Å². The number of hydrogen-bond acceptors (Lipinski definition) is 1. The molecular weight excluding hydrogens is 340 g/mol. The van der Waals surface area contributed by atoms with Gasteiger partial charge in [0.2, 0.25) is 0 Å². The van der Waals surface area contributed by atoms with Gasteiger partial charge >= 0.3 is 0 Å². The van der Waals surface area contributed by atoms with E-state index in [0.29, 0.717) is 0 Å². The Balaban J connectivity index is 2.02. The molecule has 0 saturated heterocycles. The Kier molecular flexibility index (Phi) is 7.26. The second-order valence-corrected chi connectivity index (χ2v) is 6.73. The average molecular weight is 369 g/mol. The van der Waals surface area contributed by atoms with Crippen molar-refractivity contribution < 1.29 is 4.74 Å². The number of unbranched alkanes of at least 4 members (excludes halogenated alkanes) is 1. The van der Waals surface area contributed by atoms with Gasteiger partial charge in [0, 0.05) is 16.7 Å². The van der Waals surface area contributed by atoms with Gasteiger partial charge in [0.25, 0.3) is 0 Å². The van der Waals surface area contributed by atoms with E-state index in [1.165, 1.54) is 0 Å². The van der Waals surface area contributed by atoms with Crippen LogP contribution in [0.1, 0.15) is 42.9 Å². The Labute approximate surface area is 169 Å². The molecule has 0 aliphatic heterocycles.